The molecule has 2 N–H and O–H groups in total. The molecule has 0 aliphatic carbocycles. The maximum Gasteiger partial charge on any atom is 0.131 e. The van der Waals surface area contributed by atoms with Gasteiger partial charge in [0.15, 0.2) is 0 Å². The largest absolute Gasteiger partial charge is 0.385 e. The average Bonchev–Trinajstić information content (AvgIpc) is 2.30. The van der Waals surface area contributed by atoms with E-state index < -0.39 is 0 Å². The summed E-state index contributed by atoms with van der Waals surface area (Å²) in [6.45, 7) is 4.63. The van der Waals surface area contributed by atoms with Crippen LogP contribution in [0.1, 0.15) is 19.8 Å². The van der Waals surface area contributed by atoms with Crippen molar-refractivity contribution in [2.24, 2.45) is 0 Å². The van der Waals surface area contributed by atoms with Crippen molar-refractivity contribution in [3.8, 4) is 0 Å². The molecule has 0 atom stereocenters. The Labute approximate surface area is 96.6 Å². The van der Waals surface area contributed by atoms with Crippen LogP contribution in [-0.2, 0) is 4.74 Å². The van der Waals surface area contributed by atoms with Gasteiger partial charge >= 0.3 is 0 Å². The molecular weight excluding hydrogens is 204 g/mol. The molecule has 0 amide bonds. The molecule has 0 aromatic carbocycles. The molecule has 1 aromatic heterocycles. The summed E-state index contributed by atoms with van der Waals surface area (Å²) in [5, 5.41) is 6.40. The Balaban J connectivity index is 2.27. The van der Waals surface area contributed by atoms with Crippen molar-refractivity contribution < 1.29 is 4.74 Å². The zero-order chi connectivity index (χ0) is 11.6. The first-order chi connectivity index (χ1) is 7.86. The van der Waals surface area contributed by atoms with Gasteiger partial charge in [0.2, 0.25) is 0 Å². The first-order valence-electron chi connectivity index (χ1n) is 5.65. The highest BCUT2D eigenvalue weighted by Gasteiger charge is 1.96. The third-order valence-corrected chi connectivity index (χ3v) is 2.11. The first kappa shape index (κ1) is 12.7. The quantitative estimate of drug-likeness (QED) is 0.659. The van der Waals surface area contributed by atoms with Crippen molar-refractivity contribution in [3.63, 3.8) is 0 Å². The third-order valence-electron chi connectivity index (χ3n) is 2.11. The minimum Gasteiger partial charge on any atom is -0.385 e. The van der Waals surface area contributed by atoms with E-state index in [0.717, 1.165) is 44.2 Å². The van der Waals surface area contributed by atoms with Crippen molar-refractivity contribution in [1.82, 2.24) is 9.97 Å². The normalized spacial score (nSPS) is 10.1. The number of hydrogen-bond acceptors (Lipinski definition) is 5. The van der Waals surface area contributed by atoms with Crippen LogP contribution in [-0.4, -0.2) is 36.8 Å². The molecule has 0 unspecified atom stereocenters. The number of rotatable bonds is 8. The Hall–Kier alpha value is -1.36. The van der Waals surface area contributed by atoms with Crippen LogP contribution in [0.25, 0.3) is 0 Å². The number of anilines is 2. The highest BCUT2D eigenvalue weighted by molar-refractivity contribution is 5.46. The zero-order valence-electron chi connectivity index (χ0n) is 9.99. The highest BCUT2D eigenvalue weighted by Crippen LogP contribution is 2.08. The van der Waals surface area contributed by atoms with E-state index in [-0.39, 0.29) is 0 Å². The SMILES string of the molecule is CCNc1cc(NCCCCOC)ncn1. The Bertz CT molecular complexity index is 293. The second kappa shape index (κ2) is 7.87. The summed E-state index contributed by atoms with van der Waals surface area (Å²) in [7, 11) is 1.72. The number of nitrogens with zero attached hydrogens (tertiary/aromatic N) is 2. The van der Waals surface area contributed by atoms with Crippen molar-refractivity contribution in [2.75, 3.05) is 37.4 Å². The molecule has 0 saturated carbocycles. The number of ether oxygens (including phenoxy) is 1. The van der Waals surface area contributed by atoms with Gasteiger partial charge in [-0.05, 0) is 19.8 Å². The lowest BCUT2D eigenvalue weighted by Gasteiger charge is -2.07. The molecule has 0 saturated heterocycles. The van der Waals surface area contributed by atoms with Gasteiger partial charge < -0.3 is 15.4 Å². The molecule has 0 radical (unpaired) electrons. The number of unbranched alkanes of at least 4 members (excludes halogenated alkanes) is 1. The summed E-state index contributed by atoms with van der Waals surface area (Å²) >= 11 is 0. The van der Waals surface area contributed by atoms with Gasteiger partial charge in [0.05, 0.1) is 0 Å². The van der Waals surface area contributed by atoms with E-state index in [4.69, 9.17) is 4.74 Å². The molecule has 0 aliphatic rings. The van der Waals surface area contributed by atoms with E-state index >= 15 is 0 Å². The molecule has 1 rings (SSSR count). The molecule has 0 bridgehead atoms. The molecule has 0 spiro atoms. The maximum absolute atomic E-state index is 4.98. The molecule has 5 nitrogen and oxygen atoms in total. The molecule has 0 fully saturated rings. The second-order valence-electron chi connectivity index (χ2n) is 3.45. The fourth-order valence-corrected chi connectivity index (χ4v) is 1.32. The van der Waals surface area contributed by atoms with Gasteiger partial charge in [0.1, 0.15) is 18.0 Å². The minimum atomic E-state index is 0.814. The minimum absolute atomic E-state index is 0.814. The van der Waals surface area contributed by atoms with Crippen LogP contribution in [0.4, 0.5) is 11.6 Å². The molecule has 5 heteroatoms. The van der Waals surface area contributed by atoms with E-state index in [1.807, 2.05) is 13.0 Å². The number of aromatic nitrogens is 2. The predicted octanol–water partition coefficient (Wildman–Crippen LogP) is 1.75. The molecular formula is C11H20N4O. The average molecular weight is 224 g/mol. The summed E-state index contributed by atoms with van der Waals surface area (Å²) in [6.07, 6.45) is 3.71. The standard InChI is InChI=1S/C11H20N4O/c1-3-12-10-8-11(15-9-14-10)13-6-4-5-7-16-2/h8-9H,3-7H2,1-2H3,(H2,12,13,14,15). The smallest absolute Gasteiger partial charge is 0.131 e. The molecule has 16 heavy (non-hydrogen) atoms. The summed E-state index contributed by atoms with van der Waals surface area (Å²) < 4.78 is 4.98. The Morgan fingerprint density at radius 1 is 1.19 bits per heavy atom. The lowest BCUT2D eigenvalue weighted by atomic mass is 10.3. The van der Waals surface area contributed by atoms with Gasteiger partial charge in [-0.15, -0.1) is 0 Å². The Morgan fingerprint density at radius 2 is 1.94 bits per heavy atom. The Kier molecular flexibility index (Phi) is 6.25. The summed E-state index contributed by atoms with van der Waals surface area (Å²) in [5.74, 6) is 1.72. The van der Waals surface area contributed by atoms with Crippen LogP contribution in [0, 0.1) is 0 Å². The van der Waals surface area contributed by atoms with Crippen molar-refractivity contribution in [3.05, 3.63) is 12.4 Å². The van der Waals surface area contributed by atoms with Crippen molar-refractivity contribution >= 4 is 11.6 Å². The second-order valence-corrected chi connectivity index (χ2v) is 3.45. The van der Waals surface area contributed by atoms with E-state index in [1.165, 1.54) is 0 Å². The van der Waals surface area contributed by atoms with Gasteiger partial charge in [0.25, 0.3) is 0 Å². The Morgan fingerprint density at radius 3 is 2.62 bits per heavy atom. The van der Waals surface area contributed by atoms with Crippen LogP contribution in [0.2, 0.25) is 0 Å². The lowest BCUT2D eigenvalue weighted by molar-refractivity contribution is 0.194. The van der Waals surface area contributed by atoms with Gasteiger partial charge in [0, 0.05) is 32.9 Å². The fourth-order valence-electron chi connectivity index (χ4n) is 1.32. The molecule has 0 aliphatic heterocycles. The topological polar surface area (TPSA) is 59.1 Å². The third kappa shape index (κ3) is 4.93. The van der Waals surface area contributed by atoms with Gasteiger partial charge in [-0.1, -0.05) is 0 Å². The summed E-state index contributed by atoms with van der Waals surface area (Å²) in [4.78, 5) is 8.25. The van der Waals surface area contributed by atoms with Crippen molar-refractivity contribution in [1.29, 1.82) is 0 Å². The fraction of sp³-hybridized carbons (Fsp3) is 0.636. The van der Waals surface area contributed by atoms with Gasteiger partial charge in [-0.2, -0.15) is 0 Å². The molecule has 90 valence electrons. The van der Waals surface area contributed by atoms with Crippen molar-refractivity contribution in [2.45, 2.75) is 19.8 Å². The van der Waals surface area contributed by atoms with Crippen LogP contribution in [0.15, 0.2) is 12.4 Å². The molecule has 1 aromatic rings. The summed E-state index contributed by atoms with van der Waals surface area (Å²) in [5.41, 5.74) is 0. The highest BCUT2D eigenvalue weighted by atomic mass is 16.5. The summed E-state index contributed by atoms with van der Waals surface area (Å²) in [6, 6.07) is 1.92. The van der Waals surface area contributed by atoms with Crippen LogP contribution < -0.4 is 10.6 Å². The zero-order valence-corrected chi connectivity index (χ0v) is 9.99. The van der Waals surface area contributed by atoms with E-state index in [2.05, 4.69) is 20.6 Å². The van der Waals surface area contributed by atoms with Crippen LogP contribution >= 0.6 is 0 Å². The predicted molar refractivity (Wildman–Crippen MR) is 65.8 cm³/mol. The lowest BCUT2D eigenvalue weighted by Crippen LogP contribution is -2.06. The monoisotopic (exact) mass is 224 g/mol. The van der Waals surface area contributed by atoms with E-state index in [0.29, 0.717) is 0 Å². The molecule has 1 heterocycles. The first-order valence-corrected chi connectivity index (χ1v) is 5.65. The maximum atomic E-state index is 4.98. The number of methoxy groups -OCH3 is 1. The van der Waals surface area contributed by atoms with Gasteiger partial charge in [-0.3, -0.25) is 0 Å². The van der Waals surface area contributed by atoms with E-state index in [9.17, 15) is 0 Å². The van der Waals surface area contributed by atoms with Gasteiger partial charge in [-0.25, -0.2) is 9.97 Å². The van der Waals surface area contributed by atoms with Crippen LogP contribution in [0.3, 0.4) is 0 Å². The van der Waals surface area contributed by atoms with Crippen LogP contribution in [0.5, 0.6) is 0 Å². The number of nitrogens with one attached hydrogen (secondary N) is 2. The number of hydrogen-bond donors (Lipinski definition) is 2. The van der Waals surface area contributed by atoms with E-state index in [1.54, 1.807) is 13.4 Å².